The molecule has 2 aromatic rings. The summed E-state index contributed by atoms with van der Waals surface area (Å²) in [6.45, 7) is 13.4. The average molecular weight is 464 g/mol. The van der Waals surface area contributed by atoms with Gasteiger partial charge in [0, 0.05) is 5.92 Å². The molecular formula is C30H33BO2Si. The minimum Gasteiger partial charge on any atom is -0.399 e. The van der Waals surface area contributed by atoms with Crippen LogP contribution in [-0.2, 0) is 15.7 Å². The third-order valence-electron chi connectivity index (χ3n) is 8.75. The van der Waals surface area contributed by atoms with Gasteiger partial charge < -0.3 is 9.31 Å². The largest absolute Gasteiger partial charge is 0.494 e. The van der Waals surface area contributed by atoms with Gasteiger partial charge in [-0.15, -0.1) is 0 Å². The summed E-state index contributed by atoms with van der Waals surface area (Å²) in [5, 5.41) is 3.01. The molecule has 34 heavy (non-hydrogen) atoms. The van der Waals surface area contributed by atoms with Gasteiger partial charge in [-0.05, 0) is 67.4 Å². The molecule has 1 aliphatic heterocycles. The molecule has 1 atom stereocenters. The van der Waals surface area contributed by atoms with E-state index in [-0.39, 0.29) is 18.3 Å². The van der Waals surface area contributed by atoms with Gasteiger partial charge in [-0.25, -0.2) is 0 Å². The predicted octanol–water partition coefficient (Wildman–Crippen LogP) is 4.90. The van der Waals surface area contributed by atoms with Gasteiger partial charge in [0.05, 0.1) is 11.2 Å². The summed E-state index contributed by atoms with van der Waals surface area (Å²) in [6.07, 6.45) is 14.9. The first-order valence-electron chi connectivity index (χ1n) is 12.5. The van der Waals surface area contributed by atoms with Crippen LogP contribution in [0.25, 0.3) is 6.08 Å². The van der Waals surface area contributed by atoms with E-state index in [0.717, 1.165) is 11.9 Å². The lowest BCUT2D eigenvalue weighted by Crippen LogP contribution is -2.55. The van der Waals surface area contributed by atoms with Crippen molar-refractivity contribution in [1.82, 2.24) is 0 Å². The number of allylic oxidation sites excluding steroid dienone is 7. The van der Waals surface area contributed by atoms with E-state index in [2.05, 4.69) is 114 Å². The molecule has 3 aliphatic carbocycles. The van der Waals surface area contributed by atoms with Crippen LogP contribution < -0.4 is 15.8 Å². The fourth-order valence-electron chi connectivity index (χ4n) is 5.90. The SMILES string of the molecule is CC1(C)OB(c2ccc([Si](C)(C)c3ccc4c5c3CC=C3C=CC=C(C=C4)C35)cc2)OC1(C)C. The molecule has 2 nitrogen and oxygen atoms in total. The highest BCUT2D eigenvalue weighted by atomic mass is 28.3. The molecule has 172 valence electrons. The third kappa shape index (κ3) is 3.16. The van der Waals surface area contributed by atoms with Gasteiger partial charge >= 0.3 is 7.12 Å². The summed E-state index contributed by atoms with van der Waals surface area (Å²) < 4.78 is 12.6. The van der Waals surface area contributed by atoms with Crippen LogP contribution in [0.4, 0.5) is 0 Å². The van der Waals surface area contributed by atoms with Crippen molar-refractivity contribution in [2.45, 2.75) is 64.3 Å². The Bertz CT molecular complexity index is 1290. The molecule has 1 fully saturated rings. The fourth-order valence-corrected chi connectivity index (χ4v) is 8.70. The maximum absolute atomic E-state index is 6.28. The van der Waals surface area contributed by atoms with E-state index < -0.39 is 8.07 Å². The maximum atomic E-state index is 6.28. The van der Waals surface area contributed by atoms with Gasteiger partial charge in [0.25, 0.3) is 0 Å². The monoisotopic (exact) mass is 464 g/mol. The zero-order valence-electron chi connectivity index (χ0n) is 21.1. The van der Waals surface area contributed by atoms with Crippen molar-refractivity contribution in [3.63, 3.8) is 0 Å². The summed E-state index contributed by atoms with van der Waals surface area (Å²) in [7, 11) is -2.22. The van der Waals surface area contributed by atoms with Crippen LogP contribution in [0.5, 0.6) is 0 Å². The summed E-state index contributed by atoms with van der Waals surface area (Å²) >= 11 is 0. The lowest BCUT2D eigenvalue weighted by molar-refractivity contribution is 0.00578. The van der Waals surface area contributed by atoms with Crippen molar-refractivity contribution in [1.29, 1.82) is 0 Å². The molecule has 4 heteroatoms. The number of hydrogen-bond donors (Lipinski definition) is 0. The van der Waals surface area contributed by atoms with E-state index in [4.69, 9.17) is 9.31 Å². The quantitative estimate of drug-likeness (QED) is 0.602. The molecule has 0 amide bonds. The van der Waals surface area contributed by atoms with Gasteiger partial charge in [0.15, 0.2) is 0 Å². The van der Waals surface area contributed by atoms with E-state index in [1.807, 2.05) is 0 Å². The minimum absolute atomic E-state index is 0.311. The van der Waals surface area contributed by atoms with Crippen LogP contribution >= 0.6 is 0 Å². The van der Waals surface area contributed by atoms with Crippen molar-refractivity contribution >= 4 is 37.1 Å². The summed E-state index contributed by atoms with van der Waals surface area (Å²) in [5.41, 5.74) is 7.83. The van der Waals surface area contributed by atoms with E-state index >= 15 is 0 Å². The van der Waals surface area contributed by atoms with E-state index in [1.165, 1.54) is 21.9 Å². The summed E-state index contributed by atoms with van der Waals surface area (Å²) in [4.78, 5) is 0. The average Bonchev–Trinajstić information content (AvgIpc) is 3.04. The molecule has 0 spiro atoms. The van der Waals surface area contributed by atoms with Gasteiger partial charge in [0.1, 0.15) is 8.07 Å². The van der Waals surface area contributed by atoms with Crippen molar-refractivity contribution in [2.24, 2.45) is 0 Å². The van der Waals surface area contributed by atoms with Gasteiger partial charge in [-0.3, -0.25) is 0 Å². The molecule has 0 radical (unpaired) electrons. The van der Waals surface area contributed by atoms with Crippen molar-refractivity contribution < 1.29 is 9.31 Å². The molecular weight excluding hydrogens is 431 g/mol. The minimum atomic E-state index is -1.90. The molecule has 6 rings (SSSR count). The van der Waals surface area contributed by atoms with Crippen LogP contribution in [-0.4, -0.2) is 26.4 Å². The predicted molar refractivity (Wildman–Crippen MR) is 146 cm³/mol. The molecule has 1 saturated heterocycles. The van der Waals surface area contributed by atoms with Crippen molar-refractivity contribution in [3.8, 4) is 0 Å². The lowest BCUT2D eigenvalue weighted by atomic mass is 9.71. The van der Waals surface area contributed by atoms with Crippen LogP contribution in [0.3, 0.4) is 0 Å². The molecule has 0 aromatic heterocycles. The Morgan fingerprint density at radius 3 is 2.26 bits per heavy atom. The van der Waals surface area contributed by atoms with Crippen LogP contribution in [0.2, 0.25) is 13.1 Å². The molecule has 1 heterocycles. The normalized spacial score (nSPS) is 23.5. The van der Waals surface area contributed by atoms with E-state index in [1.54, 1.807) is 16.3 Å². The Kier molecular flexibility index (Phi) is 4.74. The van der Waals surface area contributed by atoms with Crippen LogP contribution in [0.1, 0.15) is 50.3 Å². The zero-order chi connectivity index (χ0) is 23.9. The first-order chi connectivity index (χ1) is 16.1. The first kappa shape index (κ1) is 22.1. The highest BCUT2D eigenvalue weighted by Crippen LogP contribution is 2.45. The summed E-state index contributed by atoms with van der Waals surface area (Å²) in [5.74, 6) is 0.407. The van der Waals surface area contributed by atoms with Crippen molar-refractivity contribution in [3.05, 3.63) is 94.6 Å². The molecule has 1 unspecified atom stereocenters. The van der Waals surface area contributed by atoms with Gasteiger partial charge in [0.2, 0.25) is 0 Å². The topological polar surface area (TPSA) is 18.5 Å². The molecule has 0 N–H and O–H groups in total. The second-order valence-electron chi connectivity index (χ2n) is 11.6. The maximum Gasteiger partial charge on any atom is 0.494 e. The van der Waals surface area contributed by atoms with E-state index in [9.17, 15) is 0 Å². The Hall–Kier alpha value is -2.40. The number of hydrogen-bond acceptors (Lipinski definition) is 2. The standard InChI is InChI=1S/C30H33BO2Si/c1-29(2)30(3,4)33-31(32-29)23-14-16-24(17-15-23)34(5,6)26-19-13-22-11-10-20-8-7-9-21-12-18-25(26)28(22)27(20)21/h7-17,19,27H,18H2,1-6H3. The van der Waals surface area contributed by atoms with Crippen LogP contribution in [0.15, 0.2) is 77.9 Å². The third-order valence-corrected chi connectivity index (χ3v) is 12.3. The van der Waals surface area contributed by atoms with E-state index in [0.29, 0.717) is 5.92 Å². The first-order valence-corrected chi connectivity index (χ1v) is 15.5. The molecule has 4 aliphatic rings. The number of rotatable bonds is 3. The Morgan fingerprint density at radius 2 is 1.56 bits per heavy atom. The zero-order valence-corrected chi connectivity index (χ0v) is 22.1. The Balaban J connectivity index is 1.36. The second-order valence-corrected chi connectivity index (χ2v) is 16.0. The lowest BCUT2D eigenvalue weighted by Gasteiger charge is -2.37. The van der Waals surface area contributed by atoms with Gasteiger partial charge in [-0.2, -0.15) is 0 Å². The summed E-state index contributed by atoms with van der Waals surface area (Å²) in [6, 6.07) is 13.8. The molecule has 0 bridgehead atoms. The Labute approximate surface area is 205 Å². The molecule has 2 aromatic carbocycles. The van der Waals surface area contributed by atoms with Gasteiger partial charge in [-0.1, -0.05) is 96.3 Å². The second kappa shape index (κ2) is 7.30. The van der Waals surface area contributed by atoms with Crippen LogP contribution in [0, 0.1) is 0 Å². The number of benzene rings is 2. The smallest absolute Gasteiger partial charge is 0.399 e. The fraction of sp³-hybridized carbons (Fsp3) is 0.333. The highest BCUT2D eigenvalue weighted by Gasteiger charge is 2.51. The van der Waals surface area contributed by atoms with Crippen molar-refractivity contribution in [2.75, 3.05) is 0 Å². The highest BCUT2D eigenvalue weighted by molar-refractivity contribution is 7.00. The Morgan fingerprint density at radius 1 is 0.853 bits per heavy atom. The molecule has 0 saturated carbocycles.